The molecule has 0 fully saturated rings. The fourth-order valence-electron chi connectivity index (χ4n) is 2.86. The van der Waals surface area contributed by atoms with Gasteiger partial charge in [0, 0.05) is 12.2 Å². The van der Waals surface area contributed by atoms with Crippen molar-refractivity contribution in [2.75, 3.05) is 11.9 Å². The average Bonchev–Trinajstić information content (AvgIpc) is 2.63. The molecule has 0 atom stereocenters. The maximum Gasteiger partial charge on any atom is 0.307 e. The van der Waals surface area contributed by atoms with Gasteiger partial charge in [0.15, 0.2) is 0 Å². The number of aliphatic carboxylic acids is 1. The average molecular weight is 358 g/mol. The quantitative estimate of drug-likeness (QED) is 0.267. The van der Waals surface area contributed by atoms with Crippen molar-refractivity contribution in [1.82, 2.24) is 0 Å². The highest BCUT2D eigenvalue weighted by Gasteiger charge is 1.99. The second kappa shape index (κ2) is 15.2. The molecule has 0 aliphatic rings. The van der Waals surface area contributed by atoms with Crippen LogP contribution in [0.5, 0.6) is 0 Å². The lowest BCUT2D eigenvalue weighted by Crippen LogP contribution is -2.02. The van der Waals surface area contributed by atoms with Crippen LogP contribution in [0.2, 0.25) is 0 Å². The van der Waals surface area contributed by atoms with E-state index in [2.05, 4.69) is 24.0 Å². The van der Waals surface area contributed by atoms with Crippen molar-refractivity contribution < 1.29 is 9.90 Å². The molecule has 3 nitrogen and oxygen atoms in total. The Morgan fingerprint density at radius 2 is 1.46 bits per heavy atom. The number of anilines is 1. The number of carboxylic acid groups (broad SMARTS) is 1. The number of hydrogen-bond donors (Lipinski definition) is 2. The first-order valence-electron chi connectivity index (χ1n) is 10.0. The van der Waals surface area contributed by atoms with E-state index in [1.165, 1.54) is 44.9 Å². The summed E-state index contributed by atoms with van der Waals surface area (Å²) in [6.45, 7) is 4.69. The van der Waals surface area contributed by atoms with Gasteiger partial charge < -0.3 is 10.4 Å². The van der Waals surface area contributed by atoms with Crippen LogP contribution in [0.15, 0.2) is 49.1 Å². The van der Waals surface area contributed by atoms with E-state index in [9.17, 15) is 4.79 Å². The number of benzene rings is 1. The van der Waals surface area contributed by atoms with Gasteiger partial charge in [-0.1, -0.05) is 56.0 Å². The smallest absolute Gasteiger partial charge is 0.307 e. The van der Waals surface area contributed by atoms with Crippen LogP contribution in [0.25, 0.3) is 0 Å². The molecule has 0 saturated carbocycles. The van der Waals surface area contributed by atoms with Crippen molar-refractivity contribution >= 4 is 11.7 Å². The summed E-state index contributed by atoms with van der Waals surface area (Å²) in [5.74, 6) is -0.791. The molecule has 144 valence electrons. The van der Waals surface area contributed by atoms with Gasteiger partial charge in [-0.15, -0.1) is 6.58 Å². The molecule has 0 heterocycles. The maximum atomic E-state index is 10.6. The Morgan fingerprint density at radius 3 is 2.08 bits per heavy atom. The third kappa shape index (κ3) is 12.3. The molecule has 26 heavy (non-hydrogen) atoms. The van der Waals surface area contributed by atoms with Crippen LogP contribution in [0, 0.1) is 0 Å². The summed E-state index contributed by atoms with van der Waals surface area (Å²) in [5, 5.41) is 12.1. The summed E-state index contributed by atoms with van der Waals surface area (Å²) in [7, 11) is 0. The SMILES string of the molecule is C=CCCCCCCCC/C=C/CCCNc1ccc(CC(=O)O)cc1. The lowest BCUT2D eigenvalue weighted by Gasteiger charge is -2.06. The first-order chi connectivity index (χ1) is 12.7. The van der Waals surface area contributed by atoms with Crippen molar-refractivity contribution in [2.24, 2.45) is 0 Å². The molecule has 1 rings (SSSR count). The van der Waals surface area contributed by atoms with Gasteiger partial charge in [0.2, 0.25) is 0 Å². The van der Waals surface area contributed by atoms with E-state index >= 15 is 0 Å². The lowest BCUT2D eigenvalue weighted by molar-refractivity contribution is -0.136. The largest absolute Gasteiger partial charge is 0.481 e. The van der Waals surface area contributed by atoms with Crippen LogP contribution in [0.3, 0.4) is 0 Å². The number of unbranched alkanes of at least 4 members (excludes halogenated alkanes) is 8. The van der Waals surface area contributed by atoms with Gasteiger partial charge in [0.25, 0.3) is 0 Å². The maximum absolute atomic E-state index is 10.6. The Morgan fingerprint density at radius 1 is 0.885 bits per heavy atom. The van der Waals surface area contributed by atoms with Gasteiger partial charge in [-0.2, -0.15) is 0 Å². The predicted octanol–water partition coefficient (Wildman–Crippen LogP) is 6.37. The number of rotatable bonds is 16. The predicted molar refractivity (Wildman–Crippen MR) is 112 cm³/mol. The summed E-state index contributed by atoms with van der Waals surface area (Å²) in [6, 6.07) is 7.64. The number of allylic oxidation sites excluding steroid dienone is 3. The first kappa shape index (κ1) is 22.0. The molecule has 0 unspecified atom stereocenters. The minimum absolute atomic E-state index is 0.0837. The van der Waals surface area contributed by atoms with Gasteiger partial charge in [-0.3, -0.25) is 4.79 Å². The molecule has 0 saturated heterocycles. The minimum Gasteiger partial charge on any atom is -0.481 e. The highest BCUT2D eigenvalue weighted by atomic mass is 16.4. The molecule has 1 aromatic rings. The van der Waals surface area contributed by atoms with Crippen molar-refractivity contribution in [1.29, 1.82) is 0 Å². The standard InChI is InChI=1S/C23H35NO2/c1-2-3-4-5-6-7-8-9-10-11-12-13-14-19-24-22-17-15-21(16-18-22)20-23(25)26/h2,11-12,15-18,24H,1,3-10,13-14,19-20H2,(H,25,26)/b12-11+. The summed E-state index contributed by atoms with van der Waals surface area (Å²) in [6.07, 6.45) is 19.3. The molecule has 0 aromatic heterocycles. The highest BCUT2D eigenvalue weighted by molar-refractivity contribution is 5.70. The third-order valence-corrected chi connectivity index (χ3v) is 4.38. The molecule has 3 heteroatoms. The zero-order valence-electron chi connectivity index (χ0n) is 16.1. The number of hydrogen-bond acceptors (Lipinski definition) is 2. The van der Waals surface area contributed by atoms with Crippen molar-refractivity contribution in [2.45, 2.75) is 70.6 Å². The summed E-state index contributed by atoms with van der Waals surface area (Å²) in [4.78, 5) is 10.6. The molecule has 0 aliphatic carbocycles. The Bertz CT molecular complexity index is 520. The van der Waals surface area contributed by atoms with E-state index < -0.39 is 5.97 Å². The second-order valence-electron chi connectivity index (χ2n) is 6.80. The third-order valence-electron chi connectivity index (χ3n) is 4.38. The fourth-order valence-corrected chi connectivity index (χ4v) is 2.86. The van der Waals surface area contributed by atoms with Crippen molar-refractivity contribution in [3.8, 4) is 0 Å². The molecule has 2 N–H and O–H groups in total. The molecule has 0 spiro atoms. The fraction of sp³-hybridized carbons (Fsp3) is 0.522. The van der Waals surface area contributed by atoms with E-state index in [0.29, 0.717) is 0 Å². The van der Waals surface area contributed by atoms with Crippen LogP contribution >= 0.6 is 0 Å². The van der Waals surface area contributed by atoms with E-state index in [0.717, 1.165) is 37.1 Å². The molecule has 0 amide bonds. The number of nitrogens with one attached hydrogen (secondary N) is 1. The lowest BCUT2D eigenvalue weighted by atomic mass is 10.1. The molecule has 0 bridgehead atoms. The van der Waals surface area contributed by atoms with E-state index in [-0.39, 0.29) is 6.42 Å². The summed E-state index contributed by atoms with van der Waals surface area (Å²) >= 11 is 0. The monoisotopic (exact) mass is 357 g/mol. The normalized spacial score (nSPS) is 10.9. The number of carboxylic acids is 1. The Hall–Kier alpha value is -2.03. The van der Waals surface area contributed by atoms with Crippen LogP contribution in [0.1, 0.15) is 69.8 Å². The van der Waals surface area contributed by atoms with Crippen LogP contribution in [-0.4, -0.2) is 17.6 Å². The molecule has 1 aromatic carbocycles. The van der Waals surface area contributed by atoms with Gasteiger partial charge in [-0.05, 0) is 56.2 Å². The summed E-state index contributed by atoms with van der Waals surface area (Å²) in [5.41, 5.74) is 1.89. The Kier molecular flexibility index (Phi) is 12.9. The van der Waals surface area contributed by atoms with Crippen LogP contribution in [-0.2, 0) is 11.2 Å². The van der Waals surface area contributed by atoms with Gasteiger partial charge in [-0.25, -0.2) is 0 Å². The molecular formula is C23H35NO2. The van der Waals surface area contributed by atoms with Crippen molar-refractivity contribution in [3.05, 3.63) is 54.6 Å². The van der Waals surface area contributed by atoms with Gasteiger partial charge in [0.05, 0.1) is 6.42 Å². The zero-order chi connectivity index (χ0) is 18.9. The topological polar surface area (TPSA) is 49.3 Å². The van der Waals surface area contributed by atoms with Gasteiger partial charge in [0.1, 0.15) is 0 Å². The zero-order valence-corrected chi connectivity index (χ0v) is 16.1. The molecule has 0 radical (unpaired) electrons. The Balaban J connectivity index is 1.94. The van der Waals surface area contributed by atoms with Gasteiger partial charge >= 0.3 is 5.97 Å². The van der Waals surface area contributed by atoms with E-state index in [4.69, 9.17) is 5.11 Å². The van der Waals surface area contributed by atoms with Crippen LogP contribution < -0.4 is 5.32 Å². The highest BCUT2D eigenvalue weighted by Crippen LogP contribution is 2.11. The molecule has 0 aliphatic heterocycles. The van der Waals surface area contributed by atoms with E-state index in [1.54, 1.807) is 0 Å². The molecular weight excluding hydrogens is 322 g/mol. The van der Waals surface area contributed by atoms with Crippen molar-refractivity contribution in [3.63, 3.8) is 0 Å². The summed E-state index contributed by atoms with van der Waals surface area (Å²) < 4.78 is 0. The minimum atomic E-state index is -0.791. The number of carbonyl (C=O) groups is 1. The van der Waals surface area contributed by atoms with Crippen LogP contribution in [0.4, 0.5) is 5.69 Å². The second-order valence-corrected chi connectivity index (χ2v) is 6.80. The van der Waals surface area contributed by atoms with E-state index in [1.807, 2.05) is 30.3 Å². The Labute approximate surface area is 159 Å². The first-order valence-corrected chi connectivity index (χ1v) is 10.0.